The Morgan fingerprint density at radius 3 is 2.85 bits per heavy atom. The molecule has 1 aliphatic rings. The third-order valence-electron chi connectivity index (χ3n) is 4.31. The van der Waals surface area contributed by atoms with Gasteiger partial charge in [-0.05, 0) is 35.9 Å². The van der Waals surface area contributed by atoms with Gasteiger partial charge in [0.25, 0.3) is 0 Å². The third kappa shape index (κ3) is 4.46. The summed E-state index contributed by atoms with van der Waals surface area (Å²) >= 11 is 0. The van der Waals surface area contributed by atoms with Gasteiger partial charge in [-0.2, -0.15) is 5.10 Å². The van der Waals surface area contributed by atoms with Crippen LogP contribution < -0.4 is 14.9 Å². The Hall–Kier alpha value is -3.29. The maximum Gasteiger partial charge on any atom is 0.245 e. The molecule has 1 saturated heterocycles. The molecule has 0 bridgehead atoms. The van der Waals surface area contributed by atoms with E-state index in [4.69, 9.17) is 13.9 Å². The Morgan fingerprint density at radius 1 is 1.33 bits per heavy atom. The van der Waals surface area contributed by atoms with Crippen LogP contribution in [-0.2, 0) is 16.1 Å². The Balaban J connectivity index is 1.55. The van der Waals surface area contributed by atoms with Crippen LogP contribution in [0.5, 0.6) is 11.5 Å². The van der Waals surface area contributed by atoms with Gasteiger partial charge in [0.2, 0.25) is 11.8 Å². The Labute approximate surface area is 156 Å². The number of benzene rings is 1. The zero-order chi connectivity index (χ0) is 19.2. The molecule has 0 radical (unpaired) electrons. The number of likely N-dealkylation sites (tertiary alicyclic amines) is 1. The molecule has 3 rings (SSSR count). The molecule has 142 valence electrons. The zero-order valence-electron chi connectivity index (χ0n) is 15.2. The number of nitrogens with zero attached hydrogens (tertiary/aromatic N) is 2. The molecule has 0 spiro atoms. The van der Waals surface area contributed by atoms with Gasteiger partial charge < -0.3 is 18.8 Å². The fourth-order valence-electron chi connectivity index (χ4n) is 2.89. The van der Waals surface area contributed by atoms with Gasteiger partial charge in [-0.25, -0.2) is 5.43 Å². The molecule has 2 aromatic rings. The fourth-order valence-corrected chi connectivity index (χ4v) is 2.89. The van der Waals surface area contributed by atoms with Gasteiger partial charge in [0.1, 0.15) is 5.76 Å². The lowest BCUT2D eigenvalue weighted by Gasteiger charge is -2.14. The molecule has 0 saturated carbocycles. The first-order valence-electron chi connectivity index (χ1n) is 8.46. The van der Waals surface area contributed by atoms with Crippen LogP contribution in [0.15, 0.2) is 46.1 Å². The molecule has 8 nitrogen and oxygen atoms in total. The van der Waals surface area contributed by atoms with Crippen LogP contribution in [0.1, 0.15) is 17.7 Å². The lowest BCUT2D eigenvalue weighted by atomic mass is 10.1. The van der Waals surface area contributed by atoms with Crippen molar-refractivity contribution >= 4 is 18.0 Å². The zero-order valence-corrected chi connectivity index (χ0v) is 15.2. The number of rotatable bonds is 7. The molecule has 0 aliphatic carbocycles. The maximum atomic E-state index is 12.3. The second kappa shape index (κ2) is 8.39. The van der Waals surface area contributed by atoms with Crippen molar-refractivity contribution in [1.82, 2.24) is 10.3 Å². The Bertz CT molecular complexity index is 832. The number of amides is 2. The number of carbonyl (C=O) groups excluding carboxylic acids is 2. The van der Waals surface area contributed by atoms with E-state index < -0.39 is 5.92 Å². The van der Waals surface area contributed by atoms with Crippen molar-refractivity contribution in [2.24, 2.45) is 11.0 Å². The molecule has 1 aliphatic heterocycles. The Kier molecular flexibility index (Phi) is 5.75. The number of hydrazone groups is 1. The summed E-state index contributed by atoms with van der Waals surface area (Å²) in [4.78, 5) is 26.0. The number of hydrogen-bond donors (Lipinski definition) is 1. The summed E-state index contributed by atoms with van der Waals surface area (Å²) in [6.07, 6.45) is 3.23. The molecule has 2 heterocycles. The van der Waals surface area contributed by atoms with Gasteiger partial charge in [0, 0.05) is 13.0 Å². The summed E-state index contributed by atoms with van der Waals surface area (Å²) in [6.45, 7) is 0.710. The third-order valence-corrected chi connectivity index (χ3v) is 4.31. The largest absolute Gasteiger partial charge is 0.493 e. The quantitative estimate of drug-likeness (QED) is 0.592. The van der Waals surface area contributed by atoms with E-state index in [1.54, 1.807) is 55.7 Å². The van der Waals surface area contributed by atoms with Crippen molar-refractivity contribution in [1.29, 1.82) is 0 Å². The van der Waals surface area contributed by atoms with Crippen molar-refractivity contribution in [2.75, 3.05) is 20.8 Å². The molecule has 1 aromatic carbocycles. The Morgan fingerprint density at radius 2 is 2.15 bits per heavy atom. The van der Waals surface area contributed by atoms with E-state index in [1.165, 1.54) is 6.21 Å². The highest BCUT2D eigenvalue weighted by molar-refractivity contribution is 5.90. The minimum Gasteiger partial charge on any atom is -0.493 e. The molecule has 8 heteroatoms. The predicted octanol–water partition coefficient (Wildman–Crippen LogP) is 1.80. The van der Waals surface area contributed by atoms with E-state index in [0.717, 1.165) is 5.56 Å². The average Bonchev–Trinajstić information content (AvgIpc) is 3.32. The highest BCUT2D eigenvalue weighted by atomic mass is 16.5. The summed E-state index contributed by atoms with van der Waals surface area (Å²) in [5, 5.41) is 3.97. The number of furan rings is 1. The SMILES string of the molecule is COc1ccc(/C=N/NC(=O)C2CC(=O)N(Cc3ccco3)C2)cc1OC. The van der Waals surface area contributed by atoms with Crippen LogP contribution in [0.4, 0.5) is 0 Å². The first kappa shape index (κ1) is 18.5. The maximum absolute atomic E-state index is 12.3. The van der Waals surface area contributed by atoms with Crippen LogP contribution in [0, 0.1) is 5.92 Å². The second-order valence-electron chi connectivity index (χ2n) is 6.10. The highest BCUT2D eigenvalue weighted by Crippen LogP contribution is 2.27. The normalized spacial score (nSPS) is 16.7. The van der Waals surface area contributed by atoms with E-state index in [0.29, 0.717) is 30.3 Å². The summed E-state index contributed by atoms with van der Waals surface area (Å²) in [5.41, 5.74) is 3.24. The molecule has 1 atom stereocenters. The number of nitrogens with one attached hydrogen (secondary N) is 1. The summed E-state index contributed by atoms with van der Waals surface area (Å²) in [5.74, 6) is 1.07. The molecular formula is C19H21N3O5. The van der Waals surface area contributed by atoms with Gasteiger partial charge in [-0.15, -0.1) is 0 Å². The van der Waals surface area contributed by atoms with Gasteiger partial charge in [-0.3, -0.25) is 9.59 Å². The molecule has 1 unspecified atom stereocenters. The second-order valence-corrected chi connectivity index (χ2v) is 6.10. The van der Waals surface area contributed by atoms with Crippen LogP contribution in [0.3, 0.4) is 0 Å². The van der Waals surface area contributed by atoms with Gasteiger partial charge in [0.15, 0.2) is 11.5 Å². The van der Waals surface area contributed by atoms with E-state index in [1.807, 2.05) is 0 Å². The molecule has 27 heavy (non-hydrogen) atoms. The number of methoxy groups -OCH3 is 2. The van der Waals surface area contributed by atoms with Gasteiger partial charge in [-0.1, -0.05) is 0 Å². The molecule has 2 amide bonds. The lowest BCUT2D eigenvalue weighted by molar-refractivity contribution is -0.129. The molecular weight excluding hydrogens is 350 g/mol. The average molecular weight is 371 g/mol. The number of carbonyl (C=O) groups is 2. The van der Waals surface area contributed by atoms with Crippen LogP contribution in [0.2, 0.25) is 0 Å². The van der Waals surface area contributed by atoms with Crippen molar-refractivity contribution in [3.05, 3.63) is 47.9 Å². The fraction of sp³-hybridized carbons (Fsp3) is 0.316. The van der Waals surface area contributed by atoms with Crippen LogP contribution >= 0.6 is 0 Å². The predicted molar refractivity (Wildman–Crippen MR) is 97.5 cm³/mol. The number of ether oxygens (including phenoxy) is 2. The lowest BCUT2D eigenvalue weighted by Crippen LogP contribution is -2.30. The van der Waals surface area contributed by atoms with Gasteiger partial charge in [0.05, 0.1) is 39.2 Å². The van der Waals surface area contributed by atoms with Crippen molar-refractivity contribution in [3.63, 3.8) is 0 Å². The van der Waals surface area contributed by atoms with Crippen molar-refractivity contribution < 1.29 is 23.5 Å². The van der Waals surface area contributed by atoms with Crippen LogP contribution in [0.25, 0.3) is 0 Å². The van der Waals surface area contributed by atoms with E-state index in [2.05, 4.69) is 10.5 Å². The standard InChI is InChI=1S/C19H21N3O5/c1-25-16-6-5-13(8-17(16)26-2)10-20-21-19(24)14-9-18(23)22(11-14)12-15-4-3-7-27-15/h3-8,10,14H,9,11-12H2,1-2H3,(H,21,24)/b20-10+. The topological polar surface area (TPSA) is 93.4 Å². The minimum absolute atomic E-state index is 0.0737. The highest BCUT2D eigenvalue weighted by Gasteiger charge is 2.34. The van der Waals surface area contributed by atoms with E-state index in [9.17, 15) is 9.59 Å². The van der Waals surface area contributed by atoms with Crippen molar-refractivity contribution in [3.8, 4) is 11.5 Å². The van der Waals surface area contributed by atoms with E-state index in [-0.39, 0.29) is 18.2 Å². The van der Waals surface area contributed by atoms with Gasteiger partial charge >= 0.3 is 0 Å². The van der Waals surface area contributed by atoms with Crippen LogP contribution in [-0.4, -0.2) is 43.7 Å². The first-order valence-corrected chi connectivity index (χ1v) is 8.46. The van der Waals surface area contributed by atoms with E-state index >= 15 is 0 Å². The number of hydrogen-bond acceptors (Lipinski definition) is 6. The minimum atomic E-state index is -0.435. The smallest absolute Gasteiger partial charge is 0.245 e. The summed E-state index contributed by atoms with van der Waals surface area (Å²) < 4.78 is 15.7. The van der Waals surface area contributed by atoms with Crippen molar-refractivity contribution in [2.45, 2.75) is 13.0 Å². The first-order chi connectivity index (χ1) is 13.1. The summed E-state index contributed by atoms with van der Waals surface area (Å²) in [7, 11) is 3.11. The molecule has 1 N–H and O–H groups in total. The molecule has 1 fully saturated rings. The molecule has 1 aromatic heterocycles. The monoisotopic (exact) mass is 371 g/mol. The summed E-state index contributed by atoms with van der Waals surface area (Å²) in [6, 6.07) is 8.86.